The number of ether oxygens (including phenoxy) is 1. The third-order valence-corrected chi connectivity index (χ3v) is 4.86. The van der Waals surface area contributed by atoms with Crippen LogP contribution in [0.5, 0.6) is 0 Å². The quantitative estimate of drug-likeness (QED) is 0.512. The molecule has 0 aliphatic carbocycles. The number of hydrogen-bond donors (Lipinski definition) is 2. The van der Waals surface area contributed by atoms with Gasteiger partial charge in [-0.25, -0.2) is 4.79 Å². The lowest BCUT2D eigenvalue weighted by atomic mass is 10.1. The normalized spacial score (nSPS) is 22.3. The molecule has 0 aromatic carbocycles. The zero-order valence-electron chi connectivity index (χ0n) is 17.2. The van der Waals surface area contributed by atoms with E-state index in [1.165, 1.54) is 49.3 Å². The molecule has 3 unspecified atom stereocenters. The molecule has 150 valence electrons. The second-order valence-corrected chi connectivity index (χ2v) is 7.17. The first kappa shape index (κ1) is 19.9. The van der Waals surface area contributed by atoms with Gasteiger partial charge in [0.05, 0.1) is 12.2 Å². The van der Waals surface area contributed by atoms with Gasteiger partial charge in [0.25, 0.3) is 5.56 Å². The van der Waals surface area contributed by atoms with Crippen LogP contribution in [0.4, 0.5) is 0 Å². The number of nitrogens with zero attached hydrogens (tertiary/aromatic N) is 1. The molecule has 6 nitrogen and oxygen atoms in total. The number of aliphatic hydroxyl groups excluding tert-OH is 1. The van der Waals surface area contributed by atoms with Crippen molar-refractivity contribution < 1.29 is 11.2 Å². The lowest BCUT2D eigenvalue weighted by Crippen LogP contribution is -2.33. The van der Waals surface area contributed by atoms with Crippen molar-refractivity contribution in [3.63, 3.8) is 0 Å². The van der Waals surface area contributed by atoms with E-state index in [0.717, 1.165) is 12.8 Å². The van der Waals surface area contributed by atoms with E-state index in [2.05, 4.69) is 23.7 Å². The fourth-order valence-electron chi connectivity index (χ4n) is 3.18. The predicted molar refractivity (Wildman–Crippen MR) is 106 cm³/mol. The fourth-order valence-corrected chi connectivity index (χ4v) is 3.18. The number of aromatic nitrogens is 2. The van der Waals surface area contributed by atoms with Gasteiger partial charge in [-0.1, -0.05) is 63.7 Å². The van der Waals surface area contributed by atoms with Crippen LogP contribution < -0.4 is 11.2 Å². The van der Waals surface area contributed by atoms with Gasteiger partial charge >= 0.3 is 5.69 Å². The summed E-state index contributed by atoms with van der Waals surface area (Å²) in [6.07, 6.45) is 10.0. The maximum atomic E-state index is 12.1. The maximum Gasteiger partial charge on any atom is 0.330 e. The summed E-state index contributed by atoms with van der Waals surface area (Å²) in [5, 5.41) is 9.88. The van der Waals surface area contributed by atoms with E-state index in [1.807, 2.05) is 0 Å². The summed E-state index contributed by atoms with van der Waals surface area (Å²) in [6, 6.07) is 0. The molecule has 0 amide bonds. The van der Waals surface area contributed by atoms with Crippen molar-refractivity contribution in [3.8, 4) is 11.8 Å². The molecule has 2 N–H and O–H groups in total. The highest BCUT2D eigenvalue weighted by Crippen LogP contribution is 2.26. The zero-order chi connectivity index (χ0) is 20.4. The summed E-state index contributed by atoms with van der Waals surface area (Å²) < 4.78 is 14.2. The van der Waals surface area contributed by atoms with Crippen LogP contribution in [0.15, 0.2) is 15.8 Å². The molecule has 2 heterocycles. The Morgan fingerprint density at radius 1 is 1.26 bits per heavy atom. The highest BCUT2D eigenvalue weighted by atomic mass is 16.5. The molecule has 6 heteroatoms. The summed E-state index contributed by atoms with van der Waals surface area (Å²) in [5.74, 6) is 5.86. The van der Waals surface area contributed by atoms with Crippen molar-refractivity contribution in [2.24, 2.45) is 0 Å². The van der Waals surface area contributed by atoms with E-state index < -0.39 is 29.7 Å². The molecule has 3 atom stereocenters. The molecule has 1 aromatic heterocycles. The minimum Gasteiger partial charge on any atom is -0.390 e. The number of aliphatic hydroxyl groups is 1. The predicted octanol–water partition coefficient (Wildman–Crippen LogP) is 3.09. The Bertz CT molecular complexity index is 777. The van der Waals surface area contributed by atoms with Gasteiger partial charge in [0, 0.05) is 20.4 Å². The molecule has 0 spiro atoms. The van der Waals surface area contributed by atoms with Gasteiger partial charge in [-0.2, -0.15) is 0 Å². The summed E-state index contributed by atoms with van der Waals surface area (Å²) in [4.78, 5) is 26.3. The fraction of sp³-hybridized carbons (Fsp3) is 0.714. The van der Waals surface area contributed by atoms with Crippen molar-refractivity contribution in [2.45, 2.75) is 96.5 Å². The monoisotopic (exact) mass is 377 g/mol. The minimum atomic E-state index is -0.794. The summed E-state index contributed by atoms with van der Waals surface area (Å²) in [7, 11) is 0. The largest absolute Gasteiger partial charge is 0.390 e. The highest BCUT2D eigenvalue weighted by Gasteiger charge is 2.32. The van der Waals surface area contributed by atoms with Crippen LogP contribution in [0.2, 0.25) is 0 Å². The second-order valence-electron chi connectivity index (χ2n) is 7.17. The van der Waals surface area contributed by atoms with Crippen molar-refractivity contribution >= 4 is 0 Å². The van der Waals surface area contributed by atoms with Gasteiger partial charge in [-0.05, 0) is 13.3 Å². The van der Waals surface area contributed by atoms with Crippen LogP contribution in [0.3, 0.4) is 0 Å². The minimum absolute atomic E-state index is 0.0823. The average molecular weight is 378 g/mol. The first-order valence-electron chi connectivity index (χ1n) is 10.7. The summed E-state index contributed by atoms with van der Waals surface area (Å²) >= 11 is 0. The number of nitrogens with one attached hydrogen (secondary N) is 1. The van der Waals surface area contributed by atoms with Gasteiger partial charge in [-0.3, -0.25) is 14.3 Å². The molecular formula is C21H32N2O4. The van der Waals surface area contributed by atoms with Crippen LogP contribution in [0, 0.1) is 11.8 Å². The number of H-pyrrole nitrogens is 1. The summed E-state index contributed by atoms with van der Waals surface area (Å²) in [5.41, 5.74) is -0.895. The zero-order valence-corrected chi connectivity index (χ0v) is 16.2. The van der Waals surface area contributed by atoms with Crippen molar-refractivity contribution in [1.82, 2.24) is 9.55 Å². The third kappa shape index (κ3) is 6.67. The van der Waals surface area contributed by atoms with E-state index in [9.17, 15) is 14.7 Å². The third-order valence-electron chi connectivity index (χ3n) is 4.86. The Labute approximate surface area is 162 Å². The van der Waals surface area contributed by atoms with E-state index in [-0.39, 0.29) is 18.9 Å². The lowest BCUT2D eigenvalue weighted by molar-refractivity contribution is -0.0101. The average Bonchev–Trinajstić information content (AvgIpc) is 3.05. The molecule has 1 aliphatic heterocycles. The molecule has 0 bridgehead atoms. The van der Waals surface area contributed by atoms with Crippen LogP contribution in [-0.2, 0) is 4.74 Å². The molecule has 1 aromatic rings. The number of unbranched alkanes of at least 4 members (excludes halogenated alkanes) is 8. The van der Waals surface area contributed by atoms with E-state index in [1.54, 1.807) is 0 Å². The van der Waals surface area contributed by atoms with Crippen molar-refractivity contribution in [3.05, 3.63) is 32.6 Å². The van der Waals surface area contributed by atoms with Crippen LogP contribution in [0.25, 0.3) is 0 Å². The van der Waals surface area contributed by atoms with Gasteiger partial charge in [0.1, 0.15) is 11.8 Å². The topological polar surface area (TPSA) is 84.3 Å². The number of rotatable bonds is 9. The van der Waals surface area contributed by atoms with Crippen molar-refractivity contribution in [1.29, 1.82) is 0 Å². The van der Waals surface area contributed by atoms with Gasteiger partial charge in [-0.15, -0.1) is 0 Å². The van der Waals surface area contributed by atoms with E-state index in [0.29, 0.717) is 6.42 Å². The standard InChI is InChI=1S/C21H32N2O4/c1-3-4-5-6-7-8-9-10-11-12-13-17-15-23(21(26)22-20(17)25)19-14-18(24)16(2)27-19/h15-16,18-19,24H,3-11,14H2,1-2H3,(H,22,25,26)/i2D. The Kier molecular flexibility index (Phi) is 8.19. The molecule has 27 heavy (non-hydrogen) atoms. The second kappa shape index (κ2) is 11.1. The van der Waals surface area contributed by atoms with Gasteiger partial charge in [0.2, 0.25) is 0 Å². The first-order chi connectivity index (χ1) is 13.6. The Morgan fingerprint density at radius 2 is 1.96 bits per heavy atom. The van der Waals surface area contributed by atoms with Crippen LogP contribution in [-0.4, -0.2) is 26.9 Å². The van der Waals surface area contributed by atoms with Gasteiger partial charge < -0.3 is 9.84 Å². The Morgan fingerprint density at radius 3 is 2.63 bits per heavy atom. The maximum absolute atomic E-state index is 12.1. The Balaban J connectivity index is 1.87. The van der Waals surface area contributed by atoms with E-state index in [4.69, 9.17) is 6.11 Å². The smallest absolute Gasteiger partial charge is 0.330 e. The van der Waals surface area contributed by atoms with Crippen molar-refractivity contribution in [2.75, 3.05) is 0 Å². The number of hydrogen-bond acceptors (Lipinski definition) is 4. The molecule has 1 fully saturated rings. The lowest BCUT2D eigenvalue weighted by Gasteiger charge is -2.13. The molecule has 1 aliphatic rings. The van der Waals surface area contributed by atoms with Gasteiger partial charge in [0.15, 0.2) is 0 Å². The van der Waals surface area contributed by atoms with Crippen LogP contribution >= 0.6 is 0 Å². The molecule has 0 radical (unpaired) electrons. The Hall–Kier alpha value is -1.84. The SMILES string of the molecule is [2H]CC1OC(n2cc(C#CCCCCCCCCCC)c(=O)[nH]c2=O)CC1O. The molecule has 0 saturated carbocycles. The first-order valence-corrected chi connectivity index (χ1v) is 10.0. The molecule has 2 rings (SSSR count). The molecule has 1 saturated heterocycles. The van der Waals surface area contributed by atoms with E-state index >= 15 is 0 Å². The summed E-state index contributed by atoms with van der Waals surface area (Å²) in [6.45, 7) is 2.13. The van der Waals surface area contributed by atoms with Crippen LogP contribution in [0.1, 0.15) is 91.2 Å². The number of aromatic amines is 1. The molecular weight excluding hydrogens is 344 g/mol. The highest BCUT2D eigenvalue weighted by molar-refractivity contribution is 5.29.